The molecule has 0 spiro atoms. The fraction of sp³-hybridized carbons (Fsp3) is 0.360. The van der Waals surface area contributed by atoms with E-state index >= 15 is 0 Å². The number of halogens is 4. The van der Waals surface area contributed by atoms with E-state index in [9.17, 15) is 31.9 Å². The molecule has 2 atom stereocenters. The Morgan fingerprint density at radius 2 is 1.93 bits per heavy atom. The van der Waals surface area contributed by atoms with E-state index in [1.807, 2.05) is 0 Å². The topological polar surface area (TPSA) is 183 Å². The Hall–Kier alpha value is -4.80. The second-order valence-corrected chi connectivity index (χ2v) is 8.81. The smallest absolute Gasteiger partial charge is 0.475 e. The van der Waals surface area contributed by atoms with Gasteiger partial charge in [0.15, 0.2) is 6.10 Å². The van der Waals surface area contributed by atoms with Gasteiger partial charge >= 0.3 is 24.2 Å². The second kappa shape index (κ2) is 13.7. The molecular weight excluding hydrogens is 574 g/mol. The van der Waals surface area contributed by atoms with Gasteiger partial charge in [-0.15, -0.1) is 0 Å². The summed E-state index contributed by atoms with van der Waals surface area (Å²) >= 11 is 0. The van der Waals surface area contributed by atoms with Crippen molar-refractivity contribution in [1.82, 2.24) is 10.3 Å². The van der Waals surface area contributed by atoms with Gasteiger partial charge in [-0.1, -0.05) is 11.2 Å². The number of alkyl halides is 3. The normalized spacial score (nSPS) is 17.8. The first-order chi connectivity index (χ1) is 19.8. The predicted octanol–water partition coefficient (Wildman–Crippen LogP) is 1.98. The minimum absolute atomic E-state index is 0.0389. The number of aliphatic carboxylic acids is 1. The minimum Gasteiger partial charge on any atom is -0.475 e. The highest BCUT2D eigenvalue weighted by Gasteiger charge is 2.38. The number of hydrogen-bond acceptors (Lipinski definition) is 10. The van der Waals surface area contributed by atoms with Gasteiger partial charge in [-0.3, -0.25) is 19.5 Å². The summed E-state index contributed by atoms with van der Waals surface area (Å²) in [6.45, 7) is 1.59. The number of esters is 1. The lowest BCUT2D eigenvalue weighted by Crippen LogP contribution is -2.33. The van der Waals surface area contributed by atoms with Gasteiger partial charge in [-0.05, 0) is 24.3 Å². The number of carbonyl (C=O) groups excluding carboxylic acids is 3. The van der Waals surface area contributed by atoms with Gasteiger partial charge in [0, 0.05) is 30.7 Å². The zero-order chi connectivity index (χ0) is 31.0. The third-order valence-electron chi connectivity index (χ3n) is 5.66. The predicted molar refractivity (Wildman–Crippen MR) is 136 cm³/mol. The molecular formula is C25H25F4N5O8. The monoisotopic (exact) mass is 599 g/mol. The van der Waals surface area contributed by atoms with Crippen LogP contribution in [0.25, 0.3) is 11.1 Å². The number of carbonyl (C=O) groups is 4. The maximum Gasteiger partial charge on any atom is 0.490 e. The van der Waals surface area contributed by atoms with Crippen LogP contribution in [0.5, 0.6) is 0 Å². The van der Waals surface area contributed by atoms with E-state index < -0.39 is 42.2 Å². The average molecular weight is 599 g/mol. The number of carboxylic acids is 1. The first-order valence-corrected chi connectivity index (χ1v) is 12.2. The maximum atomic E-state index is 14.9. The van der Waals surface area contributed by atoms with Gasteiger partial charge in [0.1, 0.15) is 24.2 Å². The molecule has 17 heteroatoms. The van der Waals surface area contributed by atoms with E-state index in [-0.39, 0.29) is 32.1 Å². The van der Waals surface area contributed by atoms with Crippen LogP contribution in [0, 0.1) is 5.82 Å². The van der Waals surface area contributed by atoms with Crippen LogP contribution < -0.4 is 16.0 Å². The van der Waals surface area contributed by atoms with Crippen molar-refractivity contribution < 1.29 is 56.2 Å². The number of cyclic esters (lactones) is 1. The summed E-state index contributed by atoms with van der Waals surface area (Å²) in [5.74, 6) is -4.04. The number of nitrogens with one attached hydrogen (secondary N) is 1. The van der Waals surface area contributed by atoms with Gasteiger partial charge in [-0.25, -0.2) is 14.0 Å². The van der Waals surface area contributed by atoms with Crippen molar-refractivity contribution in [3.63, 3.8) is 0 Å². The lowest BCUT2D eigenvalue weighted by Gasteiger charge is -2.14. The fourth-order valence-corrected chi connectivity index (χ4v) is 3.64. The van der Waals surface area contributed by atoms with Crippen molar-refractivity contribution in [2.75, 3.05) is 31.1 Å². The molecule has 226 valence electrons. The number of benzene rings is 1. The van der Waals surface area contributed by atoms with Crippen LogP contribution in [0.3, 0.4) is 0 Å². The van der Waals surface area contributed by atoms with E-state index in [4.69, 9.17) is 29.9 Å². The second-order valence-electron chi connectivity index (χ2n) is 8.81. The molecule has 1 saturated heterocycles. The van der Waals surface area contributed by atoms with Crippen molar-refractivity contribution in [1.29, 1.82) is 0 Å². The van der Waals surface area contributed by atoms with Gasteiger partial charge in [0.2, 0.25) is 5.91 Å². The summed E-state index contributed by atoms with van der Waals surface area (Å²) < 4.78 is 56.9. The van der Waals surface area contributed by atoms with Crippen LogP contribution in [0.2, 0.25) is 0 Å². The molecule has 2 aliphatic rings. The summed E-state index contributed by atoms with van der Waals surface area (Å²) in [7, 11) is 0. The zero-order valence-corrected chi connectivity index (χ0v) is 21.9. The van der Waals surface area contributed by atoms with Crippen molar-refractivity contribution in [3.8, 4) is 11.1 Å². The summed E-state index contributed by atoms with van der Waals surface area (Å²) in [6.07, 6.45) is -4.69. The van der Waals surface area contributed by atoms with E-state index in [1.165, 1.54) is 24.1 Å². The summed E-state index contributed by atoms with van der Waals surface area (Å²) in [4.78, 5) is 54.3. The van der Waals surface area contributed by atoms with E-state index in [0.717, 1.165) is 0 Å². The Labute approximate surface area is 235 Å². The van der Waals surface area contributed by atoms with Crippen LogP contribution >= 0.6 is 0 Å². The number of oxime groups is 1. The Kier molecular flexibility index (Phi) is 10.4. The molecule has 42 heavy (non-hydrogen) atoms. The Balaban J connectivity index is 0.000000616. The van der Waals surface area contributed by atoms with Crippen molar-refractivity contribution >= 4 is 35.3 Å². The summed E-state index contributed by atoms with van der Waals surface area (Å²) in [5, 5.41) is 13.7. The molecule has 2 amide bonds. The lowest BCUT2D eigenvalue weighted by atomic mass is 10.0. The molecule has 1 aromatic heterocycles. The standard InChI is InChI=1S/C23H24FN5O6.C2HF3O2/c1-13(30)26-10-17-11-29(23(32)34-17)15-3-4-18(19(24)6-15)14-2-5-20(27-9-14)21-7-16(35-28-21)12-33-22(31)8-25;3-2(4,5)1(6)7/h2-6,9,16-17H,7-8,10-12,25H2,1H3,(H,26,30);(H,6,7)/t16-,17?;/m0./s1. The van der Waals surface area contributed by atoms with Crippen LogP contribution in [0.4, 0.5) is 28.0 Å². The third kappa shape index (κ3) is 8.60. The summed E-state index contributed by atoms with van der Waals surface area (Å²) in [6, 6.07) is 7.85. The average Bonchev–Trinajstić information content (AvgIpc) is 3.57. The number of carboxylic acid groups (broad SMARTS) is 1. The Bertz CT molecular complexity index is 1350. The highest BCUT2D eigenvalue weighted by atomic mass is 19.4. The number of anilines is 1. The number of ether oxygens (including phenoxy) is 2. The molecule has 0 saturated carbocycles. The van der Waals surface area contributed by atoms with Gasteiger partial charge in [-0.2, -0.15) is 13.2 Å². The molecule has 0 aliphatic carbocycles. The van der Waals surface area contributed by atoms with Crippen molar-refractivity contribution in [2.24, 2.45) is 10.9 Å². The van der Waals surface area contributed by atoms with Crippen LogP contribution in [-0.2, 0) is 28.7 Å². The minimum atomic E-state index is -5.08. The van der Waals surface area contributed by atoms with Crippen molar-refractivity contribution in [2.45, 2.75) is 31.7 Å². The number of aromatic nitrogens is 1. The first kappa shape index (κ1) is 31.7. The van der Waals surface area contributed by atoms with E-state index in [1.54, 1.807) is 24.3 Å². The maximum absolute atomic E-state index is 14.9. The molecule has 2 aromatic rings. The molecule has 0 radical (unpaired) electrons. The van der Waals surface area contributed by atoms with Crippen molar-refractivity contribution in [3.05, 3.63) is 48.0 Å². The SMILES string of the molecule is CC(=O)NCC1CN(c2ccc(-c3ccc(C4=NO[C@H](COC(=O)CN)C4)nc3)c(F)c2)C(=O)O1.O=C(O)C(F)(F)F. The number of amides is 2. The largest absolute Gasteiger partial charge is 0.490 e. The molecule has 13 nitrogen and oxygen atoms in total. The van der Waals surface area contributed by atoms with Gasteiger partial charge in [0.25, 0.3) is 0 Å². The highest BCUT2D eigenvalue weighted by molar-refractivity contribution is 5.99. The molecule has 4 N–H and O–H groups in total. The molecule has 0 bridgehead atoms. The molecule has 1 aromatic carbocycles. The number of pyridine rings is 1. The van der Waals surface area contributed by atoms with Crippen LogP contribution in [0.1, 0.15) is 19.0 Å². The Morgan fingerprint density at radius 3 is 2.50 bits per heavy atom. The number of hydrogen-bond donors (Lipinski definition) is 3. The molecule has 3 heterocycles. The quantitative estimate of drug-likeness (QED) is 0.300. The molecule has 1 unspecified atom stereocenters. The number of rotatable bonds is 8. The number of nitrogens with two attached hydrogens (primary N) is 1. The fourth-order valence-electron chi connectivity index (χ4n) is 3.64. The molecule has 4 rings (SSSR count). The van der Waals surface area contributed by atoms with Gasteiger partial charge in [0.05, 0.1) is 31.0 Å². The Morgan fingerprint density at radius 1 is 1.21 bits per heavy atom. The van der Waals surface area contributed by atoms with E-state index in [2.05, 4.69) is 15.5 Å². The van der Waals surface area contributed by atoms with E-state index in [0.29, 0.717) is 34.6 Å². The number of nitrogens with zero attached hydrogens (tertiary/aromatic N) is 3. The molecule has 1 fully saturated rings. The zero-order valence-electron chi connectivity index (χ0n) is 21.9. The third-order valence-corrected chi connectivity index (χ3v) is 5.66. The van der Waals surface area contributed by atoms with Crippen LogP contribution in [-0.4, -0.2) is 84.4 Å². The highest BCUT2D eigenvalue weighted by Crippen LogP contribution is 2.29. The van der Waals surface area contributed by atoms with Crippen LogP contribution in [0.15, 0.2) is 41.7 Å². The molecule has 2 aliphatic heterocycles. The lowest BCUT2D eigenvalue weighted by molar-refractivity contribution is -0.192. The first-order valence-electron chi connectivity index (χ1n) is 12.2. The summed E-state index contributed by atoms with van der Waals surface area (Å²) in [5.41, 5.74) is 7.55. The van der Waals surface area contributed by atoms with Gasteiger partial charge < -0.3 is 30.5 Å².